The number of pyridine rings is 1. The third-order valence-corrected chi connectivity index (χ3v) is 6.29. The van der Waals surface area contributed by atoms with Crippen LogP contribution in [0.15, 0.2) is 103 Å². The van der Waals surface area contributed by atoms with Crippen molar-refractivity contribution in [3.05, 3.63) is 126 Å². The molecule has 0 aliphatic rings. The number of aromatic nitrogens is 1. The predicted octanol–water partition coefficient (Wildman–Crippen LogP) is 4.33. The van der Waals surface area contributed by atoms with E-state index < -0.39 is 17.9 Å². The summed E-state index contributed by atoms with van der Waals surface area (Å²) in [5.74, 6) is -1.76. The van der Waals surface area contributed by atoms with Gasteiger partial charge in [0.1, 0.15) is 0 Å². The van der Waals surface area contributed by atoms with Gasteiger partial charge in [0.25, 0.3) is 11.8 Å². The monoisotopic (exact) mass is 523 g/mol. The highest BCUT2D eigenvalue weighted by atomic mass is 16.4. The van der Waals surface area contributed by atoms with Gasteiger partial charge in [-0.15, -0.1) is 0 Å². The molecule has 0 radical (unpaired) electrons. The van der Waals surface area contributed by atoms with Crippen molar-refractivity contribution in [3.8, 4) is 11.1 Å². The van der Waals surface area contributed by atoms with Gasteiger partial charge in [0.2, 0.25) is 0 Å². The number of carbonyl (C=O) groups is 3. The Bertz CT molecular complexity index is 1430. The summed E-state index contributed by atoms with van der Waals surface area (Å²) in [6.45, 7) is -0.0830. The fourth-order valence-corrected chi connectivity index (χ4v) is 4.34. The molecule has 0 aliphatic carbocycles. The molecule has 1 unspecified atom stereocenters. The lowest BCUT2D eigenvalue weighted by molar-refractivity contribution is -0.137. The zero-order chi connectivity index (χ0) is 27.6. The summed E-state index contributed by atoms with van der Waals surface area (Å²) in [6, 6.07) is 26.1. The molecule has 8 heteroatoms. The third kappa shape index (κ3) is 6.94. The molecule has 0 saturated carbocycles. The Labute approximate surface area is 226 Å². The number of aliphatic hydroxyl groups excluding tert-OH is 1. The van der Waals surface area contributed by atoms with Crippen molar-refractivity contribution in [2.75, 3.05) is 13.2 Å². The molecule has 3 aromatic carbocycles. The quantitative estimate of drug-likeness (QED) is 0.269. The molecule has 0 fully saturated rings. The molecule has 39 heavy (non-hydrogen) atoms. The third-order valence-electron chi connectivity index (χ3n) is 6.29. The number of carboxylic acid groups (broad SMARTS) is 1. The van der Waals surface area contributed by atoms with Crippen molar-refractivity contribution in [2.45, 2.75) is 19.0 Å². The van der Waals surface area contributed by atoms with Gasteiger partial charge < -0.3 is 20.4 Å². The minimum Gasteiger partial charge on any atom is -0.481 e. The molecule has 2 amide bonds. The smallest absolute Gasteiger partial charge is 0.305 e. The number of carbonyl (C=O) groups excluding carboxylic acids is 2. The average Bonchev–Trinajstić information content (AvgIpc) is 2.98. The number of aliphatic hydroxyl groups is 1. The Hall–Kier alpha value is -4.82. The largest absolute Gasteiger partial charge is 0.481 e. The number of nitrogens with zero attached hydrogens (tertiary/aromatic N) is 2. The Balaban J connectivity index is 1.67. The second kappa shape index (κ2) is 13.1. The molecule has 0 bridgehead atoms. The Kier molecular flexibility index (Phi) is 9.16. The lowest BCUT2D eigenvalue weighted by Crippen LogP contribution is -2.33. The molecular weight excluding hydrogens is 494 g/mol. The number of aliphatic carboxylic acids is 1. The second-order valence-corrected chi connectivity index (χ2v) is 8.94. The Morgan fingerprint density at radius 2 is 1.46 bits per heavy atom. The van der Waals surface area contributed by atoms with E-state index in [2.05, 4.69) is 10.3 Å². The first-order valence-corrected chi connectivity index (χ1v) is 12.5. The molecule has 1 aromatic heterocycles. The van der Waals surface area contributed by atoms with Gasteiger partial charge in [-0.05, 0) is 40.5 Å². The first kappa shape index (κ1) is 27.2. The van der Waals surface area contributed by atoms with E-state index in [0.717, 1.165) is 11.1 Å². The van der Waals surface area contributed by atoms with Crippen molar-refractivity contribution in [3.63, 3.8) is 0 Å². The van der Waals surface area contributed by atoms with Gasteiger partial charge in [-0.3, -0.25) is 19.4 Å². The average molecular weight is 524 g/mol. The maximum Gasteiger partial charge on any atom is 0.305 e. The minimum atomic E-state index is -1.01. The van der Waals surface area contributed by atoms with Gasteiger partial charge in [-0.1, -0.05) is 72.8 Å². The summed E-state index contributed by atoms with van der Waals surface area (Å²) < 4.78 is 0. The molecule has 198 valence electrons. The summed E-state index contributed by atoms with van der Waals surface area (Å²) in [6.07, 6.45) is 3.05. The van der Waals surface area contributed by atoms with Crippen LogP contribution in [0.2, 0.25) is 0 Å². The number of carboxylic acids is 1. The van der Waals surface area contributed by atoms with E-state index in [1.165, 1.54) is 4.90 Å². The first-order valence-electron chi connectivity index (χ1n) is 12.5. The van der Waals surface area contributed by atoms with Gasteiger partial charge in [0.05, 0.1) is 19.1 Å². The molecule has 0 saturated heterocycles. The van der Waals surface area contributed by atoms with Crippen molar-refractivity contribution in [1.82, 2.24) is 15.2 Å². The number of hydrogen-bond donors (Lipinski definition) is 3. The Morgan fingerprint density at radius 1 is 0.821 bits per heavy atom. The molecule has 8 nitrogen and oxygen atoms in total. The Morgan fingerprint density at radius 3 is 2.10 bits per heavy atom. The predicted molar refractivity (Wildman–Crippen MR) is 147 cm³/mol. The fourth-order valence-electron chi connectivity index (χ4n) is 4.34. The van der Waals surface area contributed by atoms with Gasteiger partial charge in [0.15, 0.2) is 0 Å². The summed E-state index contributed by atoms with van der Waals surface area (Å²) in [4.78, 5) is 44.1. The highest BCUT2D eigenvalue weighted by molar-refractivity contribution is 6.06. The van der Waals surface area contributed by atoms with E-state index in [4.69, 9.17) is 0 Å². The molecular formula is C31H29N3O5. The summed E-state index contributed by atoms with van der Waals surface area (Å²) in [7, 11) is 0. The topological polar surface area (TPSA) is 120 Å². The van der Waals surface area contributed by atoms with Crippen LogP contribution in [0.5, 0.6) is 0 Å². The zero-order valence-electron chi connectivity index (χ0n) is 21.2. The van der Waals surface area contributed by atoms with Crippen LogP contribution in [0.25, 0.3) is 11.1 Å². The SMILES string of the molecule is O=C(O)CCN(Cc1cccnc1)C(=O)c1ccccc1-c1ccccc1C(=O)NC(CO)c1ccccc1. The number of benzene rings is 3. The number of hydrogen-bond acceptors (Lipinski definition) is 5. The summed E-state index contributed by atoms with van der Waals surface area (Å²) in [5, 5.41) is 22.1. The van der Waals surface area contributed by atoms with Crippen LogP contribution in [0.1, 0.15) is 44.3 Å². The van der Waals surface area contributed by atoms with Crippen molar-refractivity contribution < 1.29 is 24.6 Å². The number of nitrogens with one attached hydrogen (secondary N) is 1. The van der Waals surface area contributed by atoms with Gasteiger partial charge in [0, 0.05) is 36.6 Å². The standard InChI is InChI=1S/C31H29N3O5/c35-21-28(23-10-2-1-3-11-23)33-30(38)26-14-6-4-12-24(26)25-13-5-7-15-27(25)31(39)34(18-16-29(36)37)20-22-9-8-17-32-19-22/h1-15,17,19,28,35H,16,18,20-21H2,(H,33,38)(H,36,37). The molecule has 1 atom stereocenters. The number of rotatable bonds is 11. The van der Waals surface area contributed by atoms with E-state index in [9.17, 15) is 24.6 Å². The maximum absolute atomic E-state index is 13.8. The van der Waals surface area contributed by atoms with E-state index in [0.29, 0.717) is 22.3 Å². The molecule has 4 rings (SSSR count). The van der Waals surface area contributed by atoms with E-state index >= 15 is 0 Å². The molecule has 0 aliphatic heterocycles. The normalized spacial score (nSPS) is 11.4. The summed E-state index contributed by atoms with van der Waals surface area (Å²) in [5.41, 5.74) is 3.31. The minimum absolute atomic E-state index is 0.00871. The number of amides is 2. The second-order valence-electron chi connectivity index (χ2n) is 8.94. The van der Waals surface area contributed by atoms with E-state index in [1.807, 2.05) is 36.4 Å². The summed E-state index contributed by atoms with van der Waals surface area (Å²) >= 11 is 0. The zero-order valence-corrected chi connectivity index (χ0v) is 21.2. The van der Waals surface area contributed by atoms with Crippen molar-refractivity contribution in [1.29, 1.82) is 0 Å². The van der Waals surface area contributed by atoms with Gasteiger partial charge >= 0.3 is 5.97 Å². The highest BCUT2D eigenvalue weighted by Crippen LogP contribution is 2.29. The van der Waals surface area contributed by atoms with Crippen LogP contribution < -0.4 is 5.32 Å². The molecule has 0 spiro atoms. The van der Waals surface area contributed by atoms with E-state index in [1.54, 1.807) is 67.0 Å². The lowest BCUT2D eigenvalue weighted by atomic mass is 9.94. The van der Waals surface area contributed by atoms with Crippen molar-refractivity contribution >= 4 is 17.8 Å². The van der Waals surface area contributed by atoms with Crippen LogP contribution in [0, 0.1) is 0 Å². The van der Waals surface area contributed by atoms with Gasteiger partial charge in [-0.25, -0.2) is 0 Å². The van der Waals surface area contributed by atoms with Crippen molar-refractivity contribution in [2.24, 2.45) is 0 Å². The van der Waals surface area contributed by atoms with Crippen LogP contribution in [-0.4, -0.2) is 51.0 Å². The van der Waals surface area contributed by atoms with E-state index in [-0.39, 0.29) is 32.0 Å². The maximum atomic E-state index is 13.8. The molecule has 3 N–H and O–H groups in total. The highest BCUT2D eigenvalue weighted by Gasteiger charge is 2.24. The van der Waals surface area contributed by atoms with Crippen LogP contribution in [0.4, 0.5) is 0 Å². The van der Waals surface area contributed by atoms with Crippen LogP contribution in [-0.2, 0) is 11.3 Å². The molecule has 4 aromatic rings. The fraction of sp³-hybridized carbons (Fsp3) is 0.161. The molecule has 1 heterocycles. The van der Waals surface area contributed by atoms with Gasteiger partial charge in [-0.2, -0.15) is 0 Å². The first-order chi connectivity index (χ1) is 19.0. The van der Waals surface area contributed by atoms with Crippen LogP contribution in [0.3, 0.4) is 0 Å². The lowest BCUT2D eigenvalue weighted by Gasteiger charge is -2.24. The van der Waals surface area contributed by atoms with Crippen LogP contribution >= 0.6 is 0 Å².